The molecule has 0 bridgehead atoms. The number of furan rings is 1. The van der Waals surface area contributed by atoms with Gasteiger partial charge < -0.3 is 8.98 Å². The Morgan fingerprint density at radius 3 is 1.67 bits per heavy atom. The minimum absolute atomic E-state index is 0.965. The molecular formula is C56H37NO. The first-order valence-electron chi connectivity index (χ1n) is 20.2. The van der Waals surface area contributed by atoms with E-state index in [4.69, 9.17) is 4.42 Å². The molecule has 272 valence electrons. The van der Waals surface area contributed by atoms with Gasteiger partial charge in [0, 0.05) is 33.0 Å². The predicted octanol–water partition coefficient (Wildman–Crippen LogP) is 15.2. The van der Waals surface area contributed by atoms with Gasteiger partial charge in [-0.15, -0.1) is 0 Å². The Hall–Kier alpha value is -7.42. The maximum absolute atomic E-state index is 6.50. The molecule has 1 aliphatic rings. The highest BCUT2D eigenvalue weighted by atomic mass is 16.3. The fraction of sp³-hybridized carbons (Fsp3) is 0.0357. The van der Waals surface area contributed by atoms with Crippen LogP contribution in [0, 0.1) is 0 Å². The minimum Gasteiger partial charge on any atom is -0.456 e. The maximum Gasteiger partial charge on any atom is 0.138 e. The number of para-hydroxylation sites is 2. The van der Waals surface area contributed by atoms with E-state index < -0.39 is 0 Å². The summed E-state index contributed by atoms with van der Waals surface area (Å²) in [5, 5.41) is 8.76. The standard InChI is InChI=1S/C56H37NO/c1-3-14-37(15-4-1)54-45-20-7-8-21-46(45)55(38-16-5-2-6-17-38)50-34-39(28-32-47(50)54)36-26-30-41(31-27-36)57-51-24-11-9-18-43(51)49-35-40(29-33-52(49)57)42-22-13-23-48-44-19-10-12-25-53(44)58-56(42)48/h1-12,14-22,24-35H,13,23H2. The van der Waals surface area contributed by atoms with E-state index in [2.05, 4.69) is 205 Å². The van der Waals surface area contributed by atoms with Crippen LogP contribution in [-0.2, 0) is 6.42 Å². The van der Waals surface area contributed by atoms with Crippen LogP contribution in [0.15, 0.2) is 205 Å². The van der Waals surface area contributed by atoms with Gasteiger partial charge >= 0.3 is 0 Å². The van der Waals surface area contributed by atoms with Crippen LogP contribution < -0.4 is 0 Å². The normalized spacial score (nSPS) is 12.8. The van der Waals surface area contributed by atoms with E-state index in [0.29, 0.717) is 0 Å². The van der Waals surface area contributed by atoms with Crippen molar-refractivity contribution in [3.63, 3.8) is 0 Å². The van der Waals surface area contributed by atoms with Gasteiger partial charge in [-0.25, -0.2) is 0 Å². The Bertz CT molecular complexity index is 3420. The molecule has 0 spiro atoms. The zero-order valence-corrected chi connectivity index (χ0v) is 31.8. The number of hydrogen-bond acceptors (Lipinski definition) is 1. The van der Waals surface area contributed by atoms with Crippen LogP contribution in [-0.4, -0.2) is 4.57 Å². The second-order valence-corrected chi connectivity index (χ2v) is 15.5. The Morgan fingerprint density at radius 2 is 0.931 bits per heavy atom. The SMILES string of the molecule is C1=C(c2ccc3c(c2)c2ccccc2n3-c2ccc(-c3ccc4c(-c5ccccc5)c5ccccc5c(-c5ccccc5)c4c3)cc2)c2oc3ccccc3c2CC1. The summed E-state index contributed by atoms with van der Waals surface area (Å²) in [4.78, 5) is 0. The van der Waals surface area contributed by atoms with Crippen molar-refractivity contribution in [2.24, 2.45) is 0 Å². The van der Waals surface area contributed by atoms with Gasteiger partial charge in [0.25, 0.3) is 0 Å². The van der Waals surface area contributed by atoms with E-state index in [-0.39, 0.29) is 0 Å². The van der Waals surface area contributed by atoms with Crippen molar-refractivity contribution in [2.75, 3.05) is 0 Å². The number of hydrogen-bond donors (Lipinski definition) is 0. The molecule has 2 heterocycles. The van der Waals surface area contributed by atoms with Gasteiger partial charge in [-0.3, -0.25) is 0 Å². The van der Waals surface area contributed by atoms with Crippen molar-refractivity contribution in [1.82, 2.24) is 4.57 Å². The number of allylic oxidation sites excluding steroid dienone is 1. The van der Waals surface area contributed by atoms with E-state index in [1.165, 1.54) is 98.8 Å². The topological polar surface area (TPSA) is 18.1 Å². The first kappa shape index (κ1) is 32.8. The average Bonchev–Trinajstić information content (AvgIpc) is 3.84. The van der Waals surface area contributed by atoms with Gasteiger partial charge in [-0.05, 0) is 116 Å². The largest absolute Gasteiger partial charge is 0.456 e. The zero-order valence-electron chi connectivity index (χ0n) is 31.8. The average molecular weight is 740 g/mol. The number of fused-ring (bicyclic) bond motifs is 8. The minimum atomic E-state index is 0.965. The fourth-order valence-electron chi connectivity index (χ4n) is 9.68. The number of benzene rings is 9. The van der Waals surface area contributed by atoms with E-state index in [1.54, 1.807) is 0 Å². The third kappa shape index (κ3) is 5.05. The summed E-state index contributed by atoms with van der Waals surface area (Å²) < 4.78 is 8.91. The van der Waals surface area contributed by atoms with Gasteiger partial charge in [0.15, 0.2) is 0 Å². The molecule has 0 saturated carbocycles. The maximum atomic E-state index is 6.50. The van der Waals surface area contributed by atoms with Crippen LogP contribution in [0.3, 0.4) is 0 Å². The van der Waals surface area contributed by atoms with Crippen LogP contribution in [0.2, 0.25) is 0 Å². The molecule has 0 atom stereocenters. The highest BCUT2D eigenvalue weighted by Crippen LogP contribution is 2.45. The van der Waals surface area contributed by atoms with Crippen molar-refractivity contribution < 1.29 is 4.42 Å². The van der Waals surface area contributed by atoms with Gasteiger partial charge in [0.1, 0.15) is 11.3 Å². The van der Waals surface area contributed by atoms with Crippen molar-refractivity contribution in [3.05, 3.63) is 217 Å². The first-order chi connectivity index (χ1) is 28.8. The number of rotatable bonds is 5. The summed E-state index contributed by atoms with van der Waals surface area (Å²) in [5.41, 5.74) is 15.6. The molecule has 1 aliphatic carbocycles. The van der Waals surface area contributed by atoms with Crippen molar-refractivity contribution in [3.8, 4) is 39.1 Å². The summed E-state index contributed by atoms with van der Waals surface area (Å²) in [7, 11) is 0. The van der Waals surface area contributed by atoms with Crippen molar-refractivity contribution in [2.45, 2.75) is 12.8 Å². The summed E-state index contributed by atoms with van der Waals surface area (Å²) >= 11 is 0. The second kappa shape index (κ2) is 13.1. The van der Waals surface area contributed by atoms with E-state index >= 15 is 0 Å². The van der Waals surface area contributed by atoms with Crippen molar-refractivity contribution in [1.29, 1.82) is 0 Å². The third-order valence-corrected chi connectivity index (χ3v) is 12.3. The lowest BCUT2D eigenvalue weighted by Crippen LogP contribution is -1.98. The Kier molecular flexibility index (Phi) is 7.39. The lowest BCUT2D eigenvalue weighted by molar-refractivity contribution is 0.591. The molecule has 0 amide bonds. The first-order valence-corrected chi connectivity index (χ1v) is 20.2. The fourth-order valence-corrected chi connectivity index (χ4v) is 9.68. The Morgan fingerprint density at radius 1 is 0.379 bits per heavy atom. The predicted molar refractivity (Wildman–Crippen MR) is 244 cm³/mol. The highest BCUT2D eigenvalue weighted by molar-refractivity contribution is 6.22. The molecule has 0 aliphatic heterocycles. The molecule has 2 aromatic heterocycles. The van der Waals surface area contributed by atoms with E-state index in [9.17, 15) is 0 Å². The second-order valence-electron chi connectivity index (χ2n) is 15.5. The molecule has 2 heteroatoms. The van der Waals surface area contributed by atoms with Crippen LogP contribution in [0.1, 0.15) is 23.3 Å². The highest BCUT2D eigenvalue weighted by Gasteiger charge is 2.23. The quantitative estimate of drug-likeness (QED) is 0.161. The van der Waals surface area contributed by atoms with Gasteiger partial charge in [0.2, 0.25) is 0 Å². The number of nitrogens with zero attached hydrogens (tertiary/aromatic N) is 1. The molecule has 58 heavy (non-hydrogen) atoms. The lowest BCUT2D eigenvalue weighted by Gasteiger charge is -2.19. The van der Waals surface area contributed by atoms with E-state index in [0.717, 1.165) is 29.9 Å². The molecule has 11 aromatic rings. The lowest BCUT2D eigenvalue weighted by atomic mass is 9.85. The Balaban J connectivity index is 0.987. The summed E-state index contributed by atoms with van der Waals surface area (Å²) in [6.07, 6.45) is 4.37. The van der Waals surface area contributed by atoms with Gasteiger partial charge in [-0.1, -0.05) is 158 Å². The molecule has 0 fully saturated rings. The van der Waals surface area contributed by atoms with E-state index in [1.807, 2.05) is 0 Å². The molecule has 0 N–H and O–H groups in total. The molecule has 12 rings (SSSR count). The molecule has 9 aromatic carbocycles. The number of aryl methyl sites for hydroxylation is 1. The summed E-state index contributed by atoms with van der Waals surface area (Å²) in [6, 6.07) is 70.9. The van der Waals surface area contributed by atoms with Crippen LogP contribution in [0.25, 0.3) is 99.0 Å². The monoisotopic (exact) mass is 739 g/mol. The van der Waals surface area contributed by atoms with Crippen LogP contribution in [0.5, 0.6) is 0 Å². The third-order valence-electron chi connectivity index (χ3n) is 12.3. The zero-order chi connectivity index (χ0) is 38.2. The van der Waals surface area contributed by atoms with Crippen molar-refractivity contribution >= 4 is 59.9 Å². The molecule has 0 saturated heterocycles. The molecular weight excluding hydrogens is 703 g/mol. The Labute approximate surface area is 336 Å². The van der Waals surface area contributed by atoms with Gasteiger partial charge in [-0.2, -0.15) is 0 Å². The molecule has 0 radical (unpaired) electrons. The van der Waals surface area contributed by atoms with Gasteiger partial charge in [0.05, 0.1) is 11.0 Å². The molecule has 0 unspecified atom stereocenters. The van der Waals surface area contributed by atoms with Crippen LogP contribution in [0.4, 0.5) is 0 Å². The smallest absolute Gasteiger partial charge is 0.138 e. The number of aromatic nitrogens is 1. The molecule has 2 nitrogen and oxygen atoms in total. The summed E-state index contributed by atoms with van der Waals surface area (Å²) in [5.74, 6) is 1.01. The van der Waals surface area contributed by atoms with Crippen LogP contribution >= 0.6 is 0 Å². The summed E-state index contributed by atoms with van der Waals surface area (Å²) in [6.45, 7) is 0.